The number of rotatable bonds is 4. The van der Waals surface area contributed by atoms with Crippen LogP contribution in [0, 0.1) is 12.7 Å². The van der Waals surface area contributed by atoms with Crippen LogP contribution in [0.25, 0.3) is 5.69 Å². The second-order valence-electron chi connectivity index (χ2n) is 3.53. The molecule has 0 unspecified atom stereocenters. The van der Waals surface area contributed by atoms with Gasteiger partial charge in [0.1, 0.15) is 11.6 Å². The van der Waals surface area contributed by atoms with Crippen molar-refractivity contribution in [2.75, 3.05) is 5.75 Å². The Balaban J connectivity index is 2.37. The van der Waals surface area contributed by atoms with Gasteiger partial charge < -0.3 is 5.11 Å². The van der Waals surface area contributed by atoms with Crippen LogP contribution in [0.5, 0.6) is 0 Å². The van der Waals surface area contributed by atoms with Crippen molar-refractivity contribution >= 4 is 17.7 Å². The van der Waals surface area contributed by atoms with Crippen molar-refractivity contribution in [2.24, 2.45) is 0 Å². The fourth-order valence-electron chi connectivity index (χ4n) is 1.48. The smallest absolute Gasteiger partial charge is 0.313 e. The van der Waals surface area contributed by atoms with Gasteiger partial charge in [-0.25, -0.2) is 4.39 Å². The molecule has 1 N–H and O–H groups in total. The van der Waals surface area contributed by atoms with E-state index in [9.17, 15) is 9.18 Å². The average Bonchev–Trinajstić information content (AvgIpc) is 2.68. The molecule has 0 bridgehead atoms. The van der Waals surface area contributed by atoms with Gasteiger partial charge in [0.15, 0.2) is 5.16 Å². The fraction of sp³-hybridized carbons (Fsp3) is 0.182. The third kappa shape index (κ3) is 2.67. The van der Waals surface area contributed by atoms with Crippen LogP contribution in [-0.4, -0.2) is 31.6 Å². The lowest BCUT2D eigenvalue weighted by atomic mass is 10.3. The normalized spacial score (nSPS) is 10.6. The molecule has 0 saturated carbocycles. The Bertz CT molecular complexity index is 585. The predicted molar refractivity (Wildman–Crippen MR) is 64.4 cm³/mol. The Morgan fingerprint density at radius 1 is 1.50 bits per heavy atom. The van der Waals surface area contributed by atoms with Crippen LogP contribution in [0.15, 0.2) is 29.4 Å². The van der Waals surface area contributed by atoms with Crippen molar-refractivity contribution < 1.29 is 14.3 Å². The lowest BCUT2D eigenvalue weighted by molar-refractivity contribution is -0.133. The molecule has 0 saturated heterocycles. The molecule has 2 aromatic rings. The third-order valence-electron chi connectivity index (χ3n) is 2.19. The van der Waals surface area contributed by atoms with Gasteiger partial charge in [-0.05, 0) is 25.1 Å². The van der Waals surface area contributed by atoms with Crippen molar-refractivity contribution in [3.63, 3.8) is 0 Å². The second-order valence-corrected chi connectivity index (χ2v) is 4.47. The number of hydrogen-bond donors (Lipinski definition) is 1. The summed E-state index contributed by atoms with van der Waals surface area (Å²) in [5.41, 5.74) is 0.574. The van der Waals surface area contributed by atoms with Gasteiger partial charge >= 0.3 is 5.97 Å². The van der Waals surface area contributed by atoms with E-state index in [1.165, 1.54) is 12.1 Å². The zero-order chi connectivity index (χ0) is 13.1. The van der Waals surface area contributed by atoms with Crippen LogP contribution >= 0.6 is 11.8 Å². The molecule has 1 aromatic heterocycles. The van der Waals surface area contributed by atoms with E-state index < -0.39 is 5.97 Å². The van der Waals surface area contributed by atoms with E-state index in [4.69, 9.17) is 5.11 Å². The molecule has 0 aliphatic rings. The zero-order valence-electron chi connectivity index (χ0n) is 9.50. The number of aromatic nitrogens is 3. The van der Waals surface area contributed by atoms with Gasteiger partial charge in [0.2, 0.25) is 0 Å². The number of aryl methyl sites for hydroxylation is 1. The van der Waals surface area contributed by atoms with E-state index in [2.05, 4.69) is 10.2 Å². The molecule has 18 heavy (non-hydrogen) atoms. The molecule has 0 fully saturated rings. The Morgan fingerprint density at radius 3 is 2.94 bits per heavy atom. The van der Waals surface area contributed by atoms with E-state index in [-0.39, 0.29) is 11.6 Å². The molecule has 1 aromatic carbocycles. The standard InChI is InChI=1S/C11H10FN3O2S/c1-7-13-14-11(18-6-10(16)17)15(7)9-4-2-3-8(12)5-9/h2-5H,6H2,1H3,(H,16,17). The molecule has 0 atom stereocenters. The van der Waals surface area contributed by atoms with E-state index in [0.717, 1.165) is 11.8 Å². The topological polar surface area (TPSA) is 68.0 Å². The van der Waals surface area contributed by atoms with Crippen molar-refractivity contribution in [3.8, 4) is 5.69 Å². The van der Waals surface area contributed by atoms with Gasteiger partial charge in [0, 0.05) is 0 Å². The summed E-state index contributed by atoms with van der Waals surface area (Å²) in [4.78, 5) is 10.5. The van der Waals surface area contributed by atoms with Crippen LogP contribution < -0.4 is 0 Å². The van der Waals surface area contributed by atoms with Crippen LogP contribution in [0.2, 0.25) is 0 Å². The van der Waals surface area contributed by atoms with Gasteiger partial charge in [-0.1, -0.05) is 17.8 Å². The first-order valence-electron chi connectivity index (χ1n) is 5.10. The number of benzene rings is 1. The van der Waals surface area contributed by atoms with Gasteiger partial charge in [-0.15, -0.1) is 10.2 Å². The highest BCUT2D eigenvalue weighted by molar-refractivity contribution is 7.99. The summed E-state index contributed by atoms with van der Waals surface area (Å²) in [5.74, 6) is -0.845. The first-order chi connectivity index (χ1) is 8.58. The summed E-state index contributed by atoms with van der Waals surface area (Å²) >= 11 is 1.04. The molecule has 94 valence electrons. The maximum absolute atomic E-state index is 13.2. The fourth-order valence-corrected chi connectivity index (χ4v) is 2.19. The average molecular weight is 267 g/mol. The number of thioether (sulfide) groups is 1. The van der Waals surface area contributed by atoms with Crippen molar-refractivity contribution in [2.45, 2.75) is 12.1 Å². The van der Waals surface area contributed by atoms with Crippen LogP contribution in [0.4, 0.5) is 4.39 Å². The van der Waals surface area contributed by atoms with Gasteiger partial charge in [-0.2, -0.15) is 0 Å². The summed E-state index contributed by atoms with van der Waals surface area (Å²) in [5, 5.41) is 16.8. The molecule has 2 rings (SSSR count). The lowest BCUT2D eigenvalue weighted by Gasteiger charge is -2.07. The summed E-state index contributed by atoms with van der Waals surface area (Å²) in [6.07, 6.45) is 0. The molecule has 0 aliphatic carbocycles. The molecule has 0 radical (unpaired) electrons. The zero-order valence-corrected chi connectivity index (χ0v) is 10.3. The first kappa shape index (κ1) is 12.6. The highest BCUT2D eigenvalue weighted by Gasteiger charge is 2.13. The quantitative estimate of drug-likeness (QED) is 0.857. The van der Waals surface area contributed by atoms with E-state index in [1.807, 2.05) is 0 Å². The number of carboxylic acid groups (broad SMARTS) is 1. The highest BCUT2D eigenvalue weighted by Crippen LogP contribution is 2.21. The van der Waals surface area contributed by atoms with Crippen molar-refractivity contribution in [3.05, 3.63) is 35.9 Å². The molecule has 1 heterocycles. The van der Waals surface area contributed by atoms with Crippen molar-refractivity contribution in [1.82, 2.24) is 14.8 Å². The number of nitrogens with zero attached hydrogens (tertiary/aromatic N) is 3. The maximum Gasteiger partial charge on any atom is 0.313 e. The molecule has 0 aliphatic heterocycles. The lowest BCUT2D eigenvalue weighted by Crippen LogP contribution is -2.03. The van der Waals surface area contributed by atoms with Crippen molar-refractivity contribution in [1.29, 1.82) is 0 Å². The Kier molecular flexibility index (Phi) is 3.61. The largest absolute Gasteiger partial charge is 0.481 e. The molecule has 0 amide bonds. The van der Waals surface area contributed by atoms with E-state index in [1.54, 1.807) is 23.6 Å². The first-order valence-corrected chi connectivity index (χ1v) is 6.09. The summed E-state index contributed by atoms with van der Waals surface area (Å²) in [7, 11) is 0. The summed E-state index contributed by atoms with van der Waals surface area (Å²) < 4.78 is 14.8. The van der Waals surface area contributed by atoms with Gasteiger partial charge in [0.05, 0.1) is 11.4 Å². The van der Waals surface area contributed by atoms with Crippen LogP contribution in [0.1, 0.15) is 5.82 Å². The Hall–Kier alpha value is -1.89. The third-order valence-corrected chi connectivity index (χ3v) is 3.10. The Labute approximate surface area is 107 Å². The number of halogens is 1. The minimum Gasteiger partial charge on any atom is -0.481 e. The van der Waals surface area contributed by atoms with Crippen LogP contribution in [0.3, 0.4) is 0 Å². The van der Waals surface area contributed by atoms with Gasteiger partial charge in [0.25, 0.3) is 0 Å². The van der Waals surface area contributed by atoms with Crippen LogP contribution in [-0.2, 0) is 4.79 Å². The predicted octanol–water partition coefficient (Wildman–Crippen LogP) is 1.89. The molecule has 7 heteroatoms. The number of aliphatic carboxylic acids is 1. The summed E-state index contributed by atoms with van der Waals surface area (Å²) in [6, 6.07) is 5.98. The summed E-state index contributed by atoms with van der Waals surface area (Å²) in [6.45, 7) is 1.72. The number of carboxylic acids is 1. The van der Waals surface area contributed by atoms with Gasteiger partial charge in [-0.3, -0.25) is 9.36 Å². The molecule has 5 nitrogen and oxygen atoms in total. The molecule has 0 spiro atoms. The van der Waals surface area contributed by atoms with E-state index >= 15 is 0 Å². The van der Waals surface area contributed by atoms with E-state index in [0.29, 0.717) is 16.7 Å². The number of carbonyl (C=O) groups is 1. The maximum atomic E-state index is 13.2. The number of hydrogen-bond acceptors (Lipinski definition) is 4. The minimum atomic E-state index is -0.938. The monoisotopic (exact) mass is 267 g/mol. The molecular formula is C11H10FN3O2S. The Morgan fingerprint density at radius 2 is 2.28 bits per heavy atom. The minimum absolute atomic E-state index is 0.118. The molecular weight excluding hydrogens is 257 g/mol. The second kappa shape index (κ2) is 5.18. The highest BCUT2D eigenvalue weighted by atomic mass is 32.2. The SMILES string of the molecule is Cc1nnc(SCC(=O)O)n1-c1cccc(F)c1.